The molecule has 0 saturated carbocycles. The molecule has 0 bridgehead atoms. The number of carbonyl (C=O) groups excluding carboxylic acids is 2. The molecular formula is C25H32F6N6O4. The average molecular weight is 595 g/mol. The number of aromatic nitrogens is 3. The summed E-state index contributed by atoms with van der Waals surface area (Å²) in [6, 6.07) is 0.184. The van der Waals surface area contributed by atoms with Crippen LogP contribution in [0.2, 0.25) is 0 Å². The minimum atomic E-state index is -4.64. The van der Waals surface area contributed by atoms with Crippen LogP contribution in [-0.2, 0) is 40.1 Å². The molecule has 2 amide bonds. The summed E-state index contributed by atoms with van der Waals surface area (Å²) in [6.07, 6.45) is -4.18. The van der Waals surface area contributed by atoms with Gasteiger partial charge in [0.2, 0.25) is 17.6 Å². The Labute approximate surface area is 231 Å². The molecule has 5 N–H and O–H groups in total. The highest BCUT2D eigenvalue weighted by Gasteiger charge is 2.40. The van der Waals surface area contributed by atoms with E-state index in [-0.39, 0.29) is 62.6 Å². The summed E-state index contributed by atoms with van der Waals surface area (Å²) >= 11 is 0. The molecule has 2 heterocycles. The first-order valence-corrected chi connectivity index (χ1v) is 12.6. The topological polar surface area (TPSA) is 157 Å². The van der Waals surface area contributed by atoms with Gasteiger partial charge in [-0.1, -0.05) is 13.8 Å². The van der Waals surface area contributed by atoms with Crippen molar-refractivity contribution in [3.63, 3.8) is 0 Å². The summed E-state index contributed by atoms with van der Waals surface area (Å²) in [5.74, 6) is -6.16. The van der Waals surface area contributed by atoms with Gasteiger partial charge in [-0.15, -0.1) is 10.2 Å². The van der Waals surface area contributed by atoms with Crippen molar-refractivity contribution in [1.82, 2.24) is 19.7 Å². The number of carboxylic acids is 1. The van der Waals surface area contributed by atoms with Crippen molar-refractivity contribution in [3.8, 4) is 0 Å². The van der Waals surface area contributed by atoms with Crippen LogP contribution in [0, 0.1) is 29.3 Å². The molecule has 1 aromatic carbocycles. The monoisotopic (exact) mass is 594 g/mol. The SMILES string of the molecule is CC(C)CC(CC(N)=O)CC(=O)O.NC(CC(=O)N1CCn2c(nnc2C(F)(F)F)C1)Cc1cc(F)c(F)cc1F. The largest absolute Gasteiger partial charge is 0.481 e. The Bertz CT molecular complexity index is 1220. The van der Waals surface area contributed by atoms with Crippen LogP contribution in [0.25, 0.3) is 0 Å². The molecule has 10 nitrogen and oxygen atoms in total. The third-order valence-electron chi connectivity index (χ3n) is 6.13. The number of rotatable bonds is 10. The second-order valence-electron chi connectivity index (χ2n) is 10.2. The van der Waals surface area contributed by atoms with Crippen molar-refractivity contribution in [1.29, 1.82) is 0 Å². The number of amides is 2. The van der Waals surface area contributed by atoms with Crippen LogP contribution >= 0.6 is 0 Å². The van der Waals surface area contributed by atoms with Crippen LogP contribution in [0.3, 0.4) is 0 Å². The molecule has 2 atom stereocenters. The number of benzene rings is 1. The molecule has 0 aliphatic carbocycles. The first-order chi connectivity index (χ1) is 19.0. The fourth-order valence-corrected chi connectivity index (χ4v) is 4.45. The number of hydrogen-bond acceptors (Lipinski definition) is 6. The second-order valence-corrected chi connectivity index (χ2v) is 10.2. The molecule has 1 aliphatic rings. The van der Waals surface area contributed by atoms with Gasteiger partial charge in [-0.05, 0) is 36.3 Å². The first-order valence-electron chi connectivity index (χ1n) is 12.6. The van der Waals surface area contributed by atoms with Gasteiger partial charge in [-0.3, -0.25) is 14.4 Å². The molecule has 16 heteroatoms. The normalized spacial score (nSPS) is 14.6. The van der Waals surface area contributed by atoms with E-state index in [1.165, 1.54) is 4.90 Å². The summed E-state index contributed by atoms with van der Waals surface area (Å²) < 4.78 is 79.3. The summed E-state index contributed by atoms with van der Waals surface area (Å²) in [7, 11) is 0. The molecule has 1 aromatic heterocycles. The molecule has 0 fully saturated rings. The minimum Gasteiger partial charge on any atom is -0.481 e. The molecular weight excluding hydrogens is 562 g/mol. The Kier molecular flexibility index (Phi) is 11.7. The number of fused-ring (bicyclic) bond motifs is 1. The van der Waals surface area contributed by atoms with Gasteiger partial charge in [-0.2, -0.15) is 13.2 Å². The van der Waals surface area contributed by atoms with Crippen molar-refractivity contribution in [2.45, 2.75) is 71.3 Å². The van der Waals surface area contributed by atoms with E-state index in [1.54, 1.807) is 0 Å². The number of aliphatic carboxylic acids is 1. The van der Waals surface area contributed by atoms with Gasteiger partial charge >= 0.3 is 12.1 Å². The fourth-order valence-electron chi connectivity index (χ4n) is 4.45. The van der Waals surface area contributed by atoms with E-state index >= 15 is 0 Å². The summed E-state index contributed by atoms with van der Waals surface area (Å²) in [4.78, 5) is 34.6. The Morgan fingerprint density at radius 2 is 1.63 bits per heavy atom. The third kappa shape index (κ3) is 10.3. The summed E-state index contributed by atoms with van der Waals surface area (Å²) in [5.41, 5.74) is 10.7. The van der Waals surface area contributed by atoms with Crippen molar-refractivity contribution >= 4 is 17.8 Å². The highest BCUT2D eigenvalue weighted by molar-refractivity contribution is 5.77. The van der Waals surface area contributed by atoms with Crippen LogP contribution in [0.15, 0.2) is 12.1 Å². The minimum absolute atomic E-state index is 0.000783. The van der Waals surface area contributed by atoms with E-state index in [2.05, 4.69) is 10.2 Å². The van der Waals surface area contributed by atoms with Gasteiger partial charge in [0, 0.05) is 44.5 Å². The zero-order valence-corrected chi connectivity index (χ0v) is 22.4. The predicted molar refractivity (Wildman–Crippen MR) is 132 cm³/mol. The molecule has 0 radical (unpaired) electrons. The maximum atomic E-state index is 13.7. The van der Waals surface area contributed by atoms with Crippen LogP contribution in [-0.4, -0.2) is 55.1 Å². The quantitative estimate of drug-likeness (QED) is 0.282. The van der Waals surface area contributed by atoms with E-state index < -0.39 is 53.3 Å². The van der Waals surface area contributed by atoms with E-state index in [0.717, 1.165) is 11.0 Å². The van der Waals surface area contributed by atoms with Crippen LogP contribution in [0.5, 0.6) is 0 Å². The summed E-state index contributed by atoms with van der Waals surface area (Å²) in [6.45, 7) is 3.69. The Hall–Kier alpha value is -3.69. The standard InChI is InChI=1S/C16H15F6N5O.C9H17NO3/c17-10-6-12(19)11(18)4-8(10)3-9(23)5-14(28)26-1-2-27-13(7-26)24-25-15(27)16(20,21)22;1-6(2)3-7(4-8(10)11)5-9(12)13/h4,6,9H,1-3,5,7,23H2;6-7H,3-5H2,1-2H3,(H2,10,11)(H,12,13). The number of carboxylic acid groups (broad SMARTS) is 1. The zero-order chi connectivity index (χ0) is 31.1. The first kappa shape index (κ1) is 33.5. The average Bonchev–Trinajstić information content (AvgIpc) is 3.25. The van der Waals surface area contributed by atoms with Crippen LogP contribution in [0.4, 0.5) is 26.3 Å². The molecule has 41 heavy (non-hydrogen) atoms. The van der Waals surface area contributed by atoms with Gasteiger partial charge in [0.1, 0.15) is 5.82 Å². The maximum absolute atomic E-state index is 13.7. The van der Waals surface area contributed by atoms with Gasteiger partial charge in [0.05, 0.1) is 6.54 Å². The number of nitrogens with zero attached hydrogens (tertiary/aromatic N) is 4. The lowest BCUT2D eigenvalue weighted by Gasteiger charge is -2.29. The van der Waals surface area contributed by atoms with Crippen molar-refractivity contribution in [2.75, 3.05) is 6.54 Å². The highest BCUT2D eigenvalue weighted by Crippen LogP contribution is 2.29. The molecule has 2 unspecified atom stereocenters. The number of carbonyl (C=O) groups is 3. The van der Waals surface area contributed by atoms with Crippen molar-refractivity contribution in [3.05, 3.63) is 46.8 Å². The Morgan fingerprint density at radius 1 is 1.00 bits per heavy atom. The smallest absolute Gasteiger partial charge is 0.451 e. The van der Waals surface area contributed by atoms with Gasteiger partial charge in [-0.25, -0.2) is 13.2 Å². The number of nitrogens with two attached hydrogens (primary N) is 2. The molecule has 2 aromatic rings. The van der Waals surface area contributed by atoms with Gasteiger partial charge < -0.3 is 26.0 Å². The highest BCUT2D eigenvalue weighted by atomic mass is 19.4. The summed E-state index contributed by atoms with van der Waals surface area (Å²) in [5, 5.41) is 15.2. The lowest BCUT2D eigenvalue weighted by Crippen LogP contribution is -2.42. The molecule has 3 rings (SSSR count). The number of halogens is 6. The van der Waals surface area contributed by atoms with E-state index in [9.17, 15) is 40.7 Å². The van der Waals surface area contributed by atoms with E-state index in [0.29, 0.717) is 18.1 Å². The lowest BCUT2D eigenvalue weighted by atomic mass is 9.91. The van der Waals surface area contributed by atoms with Crippen molar-refractivity contribution < 1.29 is 45.8 Å². The van der Waals surface area contributed by atoms with E-state index in [4.69, 9.17) is 16.6 Å². The third-order valence-corrected chi connectivity index (χ3v) is 6.13. The van der Waals surface area contributed by atoms with Crippen LogP contribution < -0.4 is 11.5 Å². The Morgan fingerprint density at radius 3 is 2.20 bits per heavy atom. The molecule has 228 valence electrons. The Balaban J connectivity index is 0.000000383. The number of alkyl halides is 3. The van der Waals surface area contributed by atoms with Crippen LogP contribution in [0.1, 0.15) is 56.7 Å². The van der Waals surface area contributed by atoms with E-state index in [1.807, 2.05) is 13.8 Å². The second kappa shape index (κ2) is 14.3. The lowest BCUT2D eigenvalue weighted by molar-refractivity contribution is -0.148. The fraction of sp³-hybridized carbons (Fsp3) is 0.560. The van der Waals surface area contributed by atoms with Gasteiger partial charge in [0.25, 0.3) is 0 Å². The molecule has 1 aliphatic heterocycles. The zero-order valence-electron chi connectivity index (χ0n) is 22.4. The molecule has 0 spiro atoms. The van der Waals surface area contributed by atoms with Crippen molar-refractivity contribution in [2.24, 2.45) is 23.3 Å². The molecule has 0 saturated heterocycles. The number of hydrogen-bond donors (Lipinski definition) is 3. The predicted octanol–water partition coefficient (Wildman–Crippen LogP) is 3.02. The number of primary amides is 1. The van der Waals surface area contributed by atoms with Gasteiger partial charge in [0.15, 0.2) is 17.5 Å². The maximum Gasteiger partial charge on any atom is 0.451 e.